The van der Waals surface area contributed by atoms with Crippen LogP contribution >= 0.6 is 15.9 Å². The zero-order valence-electron chi connectivity index (χ0n) is 9.76. The number of aryl methyl sites for hydroxylation is 1. The number of aromatic nitrogens is 1. The number of benzene rings is 1. The molecule has 1 aromatic carbocycles. The largest absolute Gasteiger partial charge is 0.434 e. The lowest BCUT2D eigenvalue weighted by Gasteiger charge is -2.06. The highest BCUT2D eigenvalue weighted by atomic mass is 79.9. The topological polar surface area (TPSA) is 65.3 Å². The van der Waals surface area contributed by atoms with Crippen LogP contribution in [0.4, 0.5) is 10.1 Å². The maximum Gasteiger partial charge on any atom is 0.331 e. The van der Waals surface area contributed by atoms with E-state index >= 15 is 0 Å². The Morgan fingerprint density at radius 3 is 2.74 bits per heavy atom. The Kier molecular flexibility index (Phi) is 3.75. The summed E-state index contributed by atoms with van der Waals surface area (Å²) >= 11 is 3.11. The molecule has 7 heteroatoms. The minimum Gasteiger partial charge on any atom is -0.434 e. The lowest BCUT2D eigenvalue weighted by atomic mass is 10.3. The minimum atomic E-state index is -0.594. The van der Waals surface area contributed by atoms with Gasteiger partial charge in [-0.25, -0.2) is 9.37 Å². The van der Waals surface area contributed by atoms with E-state index in [2.05, 4.69) is 20.9 Å². The summed E-state index contributed by atoms with van der Waals surface area (Å²) in [5, 5.41) is 10.9. The first kappa shape index (κ1) is 13.4. The molecule has 98 valence electrons. The van der Waals surface area contributed by atoms with Crippen molar-refractivity contribution in [3.8, 4) is 11.6 Å². The Labute approximate surface area is 116 Å². The fourth-order valence-corrected chi connectivity index (χ4v) is 1.89. The second-order valence-electron chi connectivity index (χ2n) is 3.80. The highest BCUT2D eigenvalue weighted by Gasteiger charge is 2.18. The van der Waals surface area contributed by atoms with Crippen molar-refractivity contribution in [2.45, 2.75) is 6.92 Å². The third-order valence-electron chi connectivity index (χ3n) is 2.22. The lowest BCUT2D eigenvalue weighted by molar-refractivity contribution is -0.386. The minimum absolute atomic E-state index is 0.131. The van der Waals surface area contributed by atoms with Crippen molar-refractivity contribution < 1.29 is 14.1 Å². The van der Waals surface area contributed by atoms with Crippen molar-refractivity contribution in [1.82, 2.24) is 4.98 Å². The first-order valence-electron chi connectivity index (χ1n) is 5.20. The maximum absolute atomic E-state index is 13.2. The van der Waals surface area contributed by atoms with Gasteiger partial charge in [-0.3, -0.25) is 10.1 Å². The second-order valence-corrected chi connectivity index (χ2v) is 4.72. The summed E-state index contributed by atoms with van der Waals surface area (Å²) in [4.78, 5) is 14.2. The second kappa shape index (κ2) is 5.31. The van der Waals surface area contributed by atoms with Crippen LogP contribution in [0.5, 0.6) is 11.6 Å². The molecule has 0 unspecified atom stereocenters. The monoisotopic (exact) mass is 326 g/mol. The Balaban J connectivity index is 2.40. The predicted octanol–water partition coefficient (Wildman–Crippen LogP) is 3.99. The van der Waals surface area contributed by atoms with Gasteiger partial charge in [-0.15, -0.1) is 0 Å². The summed E-state index contributed by atoms with van der Waals surface area (Å²) in [7, 11) is 0. The molecule has 0 atom stereocenters. The third kappa shape index (κ3) is 3.25. The van der Waals surface area contributed by atoms with Crippen LogP contribution in [-0.2, 0) is 0 Å². The zero-order chi connectivity index (χ0) is 14.0. The molecule has 0 aliphatic heterocycles. The number of pyridine rings is 1. The Bertz CT molecular complexity index is 629. The molecule has 1 aromatic heterocycles. The molecule has 1 heterocycles. The smallest absolute Gasteiger partial charge is 0.331 e. The van der Waals surface area contributed by atoms with E-state index in [4.69, 9.17) is 4.74 Å². The zero-order valence-corrected chi connectivity index (χ0v) is 11.3. The third-order valence-corrected chi connectivity index (χ3v) is 2.67. The Hall–Kier alpha value is -2.02. The number of hydrogen-bond acceptors (Lipinski definition) is 4. The normalized spacial score (nSPS) is 10.3. The van der Waals surface area contributed by atoms with E-state index in [9.17, 15) is 14.5 Å². The van der Waals surface area contributed by atoms with Gasteiger partial charge < -0.3 is 4.74 Å². The van der Waals surface area contributed by atoms with E-state index in [1.807, 2.05) is 0 Å². The van der Waals surface area contributed by atoms with Gasteiger partial charge in [-0.1, -0.05) is 15.9 Å². The number of nitro groups is 1. The first-order chi connectivity index (χ1) is 8.95. The summed E-state index contributed by atoms with van der Waals surface area (Å²) in [6.45, 7) is 1.68. The fraction of sp³-hybridized carbons (Fsp3) is 0.0833. The fourth-order valence-electron chi connectivity index (χ4n) is 1.45. The van der Waals surface area contributed by atoms with Crippen LogP contribution in [0, 0.1) is 22.9 Å². The molecule has 5 nitrogen and oxygen atoms in total. The van der Waals surface area contributed by atoms with E-state index < -0.39 is 10.7 Å². The Morgan fingerprint density at radius 2 is 2.11 bits per heavy atom. The molecular formula is C12H8BrFN2O3. The van der Waals surface area contributed by atoms with Crippen molar-refractivity contribution in [3.05, 3.63) is 56.4 Å². The van der Waals surface area contributed by atoms with E-state index in [1.165, 1.54) is 24.4 Å². The molecule has 0 saturated heterocycles. The van der Waals surface area contributed by atoms with Crippen molar-refractivity contribution in [2.75, 3.05) is 0 Å². The van der Waals surface area contributed by atoms with Gasteiger partial charge in [0.15, 0.2) is 0 Å². The average Bonchev–Trinajstić information content (AvgIpc) is 2.30. The molecule has 0 N–H and O–H groups in total. The molecule has 2 aromatic rings. The molecule has 0 saturated carbocycles. The predicted molar refractivity (Wildman–Crippen MR) is 69.8 cm³/mol. The van der Waals surface area contributed by atoms with E-state index in [0.29, 0.717) is 10.0 Å². The van der Waals surface area contributed by atoms with E-state index in [-0.39, 0.29) is 17.3 Å². The van der Waals surface area contributed by atoms with Crippen LogP contribution in [0.3, 0.4) is 0 Å². The lowest BCUT2D eigenvalue weighted by Crippen LogP contribution is -1.97. The molecule has 19 heavy (non-hydrogen) atoms. The quantitative estimate of drug-likeness (QED) is 0.631. The van der Waals surface area contributed by atoms with Gasteiger partial charge in [-0.2, -0.15) is 0 Å². The molecule has 0 fully saturated rings. The summed E-state index contributed by atoms with van der Waals surface area (Å²) in [6.07, 6.45) is 1.44. The van der Waals surface area contributed by atoms with Gasteiger partial charge in [-0.05, 0) is 24.6 Å². The van der Waals surface area contributed by atoms with Crippen LogP contribution in [-0.4, -0.2) is 9.91 Å². The van der Waals surface area contributed by atoms with Crippen molar-refractivity contribution >= 4 is 21.6 Å². The number of ether oxygens (including phenoxy) is 1. The van der Waals surface area contributed by atoms with Gasteiger partial charge in [0, 0.05) is 22.8 Å². The molecule has 0 spiro atoms. The molecular weight excluding hydrogens is 319 g/mol. The van der Waals surface area contributed by atoms with Crippen molar-refractivity contribution in [1.29, 1.82) is 0 Å². The van der Waals surface area contributed by atoms with Crippen molar-refractivity contribution in [2.24, 2.45) is 0 Å². The van der Waals surface area contributed by atoms with E-state index in [1.54, 1.807) is 6.92 Å². The summed E-state index contributed by atoms with van der Waals surface area (Å²) in [5.41, 5.74) is 0.375. The van der Waals surface area contributed by atoms with Crippen LogP contribution in [0.1, 0.15) is 5.56 Å². The summed E-state index contributed by atoms with van der Waals surface area (Å²) < 4.78 is 18.9. The van der Waals surface area contributed by atoms with Gasteiger partial charge in [0.2, 0.25) is 0 Å². The van der Waals surface area contributed by atoms with E-state index in [0.717, 1.165) is 6.07 Å². The highest BCUT2D eigenvalue weighted by Crippen LogP contribution is 2.31. The highest BCUT2D eigenvalue weighted by molar-refractivity contribution is 9.10. The number of rotatable bonds is 3. The average molecular weight is 327 g/mol. The van der Waals surface area contributed by atoms with Crippen LogP contribution in [0.15, 0.2) is 34.9 Å². The Morgan fingerprint density at radius 1 is 1.37 bits per heavy atom. The standard InChI is InChI=1S/C12H8BrFN2O3/c1-7-2-11(16(17)18)12(15-6-7)19-10-4-8(13)3-9(14)5-10/h2-6H,1H3. The van der Waals surface area contributed by atoms with Crippen LogP contribution < -0.4 is 4.74 Å². The van der Waals surface area contributed by atoms with Gasteiger partial charge >= 0.3 is 5.69 Å². The molecule has 0 radical (unpaired) electrons. The maximum atomic E-state index is 13.2. The summed E-state index contributed by atoms with van der Waals surface area (Å²) in [5.74, 6) is -0.557. The molecule has 0 amide bonds. The summed E-state index contributed by atoms with van der Waals surface area (Å²) in [6, 6.07) is 5.21. The number of halogens is 2. The SMILES string of the molecule is Cc1cnc(Oc2cc(F)cc(Br)c2)c([N+](=O)[O-])c1. The number of hydrogen-bond donors (Lipinski definition) is 0. The van der Waals surface area contributed by atoms with Gasteiger partial charge in [0.1, 0.15) is 11.6 Å². The van der Waals surface area contributed by atoms with Gasteiger partial charge in [0.05, 0.1) is 4.92 Å². The van der Waals surface area contributed by atoms with Crippen LogP contribution in [0.25, 0.3) is 0 Å². The first-order valence-corrected chi connectivity index (χ1v) is 6.00. The van der Waals surface area contributed by atoms with Crippen molar-refractivity contribution in [3.63, 3.8) is 0 Å². The molecule has 0 bridgehead atoms. The van der Waals surface area contributed by atoms with Crippen LogP contribution in [0.2, 0.25) is 0 Å². The molecule has 2 rings (SSSR count). The van der Waals surface area contributed by atoms with Gasteiger partial charge in [0.25, 0.3) is 5.88 Å². The number of nitrogens with zero attached hydrogens (tertiary/aromatic N) is 2. The molecule has 0 aliphatic carbocycles. The molecule has 0 aliphatic rings.